The molecule has 2 rings (SSSR count). The van der Waals surface area contributed by atoms with Gasteiger partial charge in [-0.15, -0.1) is 0 Å². The predicted molar refractivity (Wildman–Crippen MR) is 82.7 cm³/mol. The van der Waals surface area contributed by atoms with Crippen molar-refractivity contribution in [3.63, 3.8) is 0 Å². The second-order valence-electron chi connectivity index (χ2n) is 4.07. The molecule has 0 aliphatic heterocycles. The molecule has 0 heterocycles. The monoisotopic (exact) mass is 352 g/mol. The standard InChI is InChI=1S/C15H13BrO3S/c1-19-12-8-6-11(7-9-12)14(17)10-20(18)15-5-3-2-4-13(15)16/h2-9H,10H2,1H3. The van der Waals surface area contributed by atoms with Gasteiger partial charge in [0.1, 0.15) is 5.75 Å². The average molecular weight is 353 g/mol. The Kier molecular flexibility index (Phi) is 5.09. The number of Topliss-reactive ketones (excluding diaryl/α,β-unsaturated/α-hetero) is 1. The number of methoxy groups -OCH3 is 1. The third-order valence-electron chi connectivity index (χ3n) is 2.76. The van der Waals surface area contributed by atoms with Crippen LogP contribution in [-0.2, 0) is 10.8 Å². The van der Waals surface area contributed by atoms with Crippen molar-refractivity contribution < 1.29 is 13.7 Å². The smallest absolute Gasteiger partial charge is 0.175 e. The number of carbonyl (C=O) groups is 1. The van der Waals surface area contributed by atoms with Crippen LogP contribution >= 0.6 is 15.9 Å². The second kappa shape index (κ2) is 6.81. The van der Waals surface area contributed by atoms with Crippen LogP contribution < -0.4 is 4.74 Å². The van der Waals surface area contributed by atoms with Gasteiger partial charge in [-0.05, 0) is 52.3 Å². The molecular formula is C15H13BrO3S. The molecule has 0 bridgehead atoms. The molecule has 0 aliphatic rings. The fourth-order valence-corrected chi connectivity index (χ4v) is 3.59. The summed E-state index contributed by atoms with van der Waals surface area (Å²) in [6.45, 7) is 0. The SMILES string of the molecule is COc1ccc(C(=O)CS(=O)c2ccccc2Br)cc1. The lowest BCUT2D eigenvalue weighted by atomic mass is 10.1. The van der Waals surface area contributed by atoms with Crippen LogP contribution in [0.15, 0.2) is 57.9 Å². The summed E-state index contributed by atoms with van der Waals surface area (Å²) in [5, 5.41) is 0. The highest BCUT2D eigenvalue weighted by molar-refractivity contribution is 9.10. The van der Waals surface area contributed by atoms with Crippen LogP contribution in [0.25, 0.3) is 0 Å². The molecule has 104 valence electrons. The van der Waals surface area contributed by atoms with Gasteiger partial charge in [0, 0.05) is 10.0 Å². The lowest BCUT2D eigenvalue weighted by molar-refractivity contribution is 0.102. The van der Waals surface area contributed by atoms with Gasteiger partial charge in [-0.25, -0.2) is 0 Å². The zero-order chi connectivity index (χ0) is 14.5. The summed E-state index contributed by atoms with van der Waals surface area (Å²) in [7, 11) is 0.208. The minimum absolute atomic E-state index is 0.0328. The molecule has 0 spiro atoms. The van der Waals surface area contributed by atoms with Crippen LogP contribution in [-0.4, -0.2) is 22.9 Å². The van der Waals surface area contributed by atoms with Crippen molar-refractivity contribution in [2.24, 2.45) is 0 Å². The molecule has 2 aromatic carbocycles. The molecule has 0 radical (unpaired) electrons. The molecule has 5 heteroatoms. The van der Waals surface area contributed by atoms with Gasteiger partial charge in [-0.2, -0.15) is 0 Å². The summed E-state index contributed by atoms with van der Waals surface area (Å²) < 4.78 is 18.0. The molecule has 20 heavy (non-hydrogen) atoms. The van der Waals surface area contributed by atoms with Crippen molar-refractivity contribution in [1.29, 1.82) is 0 Å². The lowest BCUT2D eigenvalue weighted by Crippen LogP contribution is -2.11. The number of benzene rings is 2. The van der Waals surface area contributed by atoms with E-state index in [0.29, 0.717) is 16.2 Å². The molecule has 0 saturated carbocycles. The minimum atomic E-state index is -1.36. The number of ether oxygens (including phenoxy) is 1. The number of carbonyl (C=O) groups excluding carboxylic acids is 1. The Labute approximate surface area is 128 Å². The van der Waals surface area contributed by atoms with Gasteiger partial charge in [0.05, 0.1) is 28.6 Å². The fourth-order valence-electron chi connectivity index (χ4n) is 1.69. The van der Waals surface area contributed by atoms with Crippen molar-refractivity contribution in [2.45, 2.75) is 4.90 Å². The van der Waals surface area contributed by atoms with E-state index in [9.17, 15) is 9.00 Å². The summed E-state index contributed by atoms with van der Waals surface area (Å²) >= 11 is 3.34. The first-order valence-corrected chi connectivity index (χ1v) is 8.03. The molecule has 0 aromatic heterocycles. The van der Waals surface area contributed by atoms with E-state index in [0.717, 1.165) is 4.47 Å². The molecule has 0 fully saturated rings. The fraction of sp³-hybridized carbons (Fsp3) is 0.133. The maximum absolute atomic E-state index is 12.2. The van der Waals surface area contributed by atoms with Crippen LogP contribution in [0.1, 0.15) is 10.4 Å². The Hall–Kier alpha value is -1.46. The topological polar surface area (TPSA) is 43.4 Å². The normalized spacial score (nSPS) is 11.9. The number of rotatable bonds is 5. The van der Waals surface area contributed by atoms with Crippen LogP contribution in [0, 0.1) is 0 Å². The number of ketones is 1. The van der Waals surface area contributed by atoms with Crippen molar-refractivity contribution >= 4 is 32.5 Å². The third-order valence-corrected chi connectivity index (χ3v) is 5.08. The first-order chi connectivity index (χ1) is 9.61. The van der Waals surface area contributed by atoms with E-state index in [4.69, 9.17) is 4.74 Å². The molecule has 0 saturated heterocycles. The highest BCUT2D eigenvalue weighted by Gasteiger charge is 2.14. The van der Waals surface area contributed by atoms with E-state index < -0.39 is 10.8 Å². The van der Waals surface area contributed by atoms with E-state index in [1.54, 1.807) is 43.5 Å². The van der Waals surface area contributed by atoms with Crippen LogP contribution in [0.3, 0.4) is 0 Å². The van der Waals surface area contributed by atoms with Gasteiger partial charge >= 0.3 is 0 Å². The largest absolute Gasteiger partial charge is 0.497 e. The number of hydrogen-bond donors (Lipinski definition) is 0. The molecule has 0 N–H and O–H groups in total. The van der Waals surface area contributed by atoms with Crippen molar-refractivity contribution in [1.82, 2.24) is 0 Å². The van der Waals surface area contributed by atoms with Crippen molar-refractivity contribution in [3.05, 3.63) is 58.6 Å². The third kappa shape index (κ3) is 3.55. The zero-order valence-corrected chi connectivity index (χ0v) is 13.2. The number of halogens is 1. The minimum Gasteiger partial charge on any atom is -0.497 e. The zero-order valence-electron chi connectivity index (χ0n) is 10.8. The first-order valence-electron chi connectivity index (χ1n) is 5.92. The molecule has 1 atom stereocenters. The van der Waals surface area contributed by atoms with Gasteiger partial charge in [-0.1, -0.05) is 12.1 Å². The van der Waals surface area contributed by atoms with Crippen LogP contribution in [0.2, 0.25) is 0 Å². The Morgan fingerprint density at radius 3 is 2.40 bits per heavy atom. The molecule has 0 aliphatic carbocycles. The maximum Gasteiger partial charge on any atom is 0.175 e. The summed E-state index contributed by atoms with van der Waals surface area (Å²) in [4.78, 5) is 12.7. The van der Waals surface area contributed by atoms with E-state index in [-0.39, 0.29) is 11.5 Å². The van der Waals surface area contributed by atoms with Crippen LogP contribution in [0.4, 0.5) is 0 Å². The van der Waals surface area contributed by atoms with Gasteiger partial charge < -0.3 is 4.74 Å². The highest BCUT2D eigenvalue weighted by atomic mass is 79.9. The second-order valence-corrected chi connectivity index (χ2v) is 6.35. The first kappa shape index (κ1) is 14.9. The molecule has 0 amide bonds. The Balaban J connectivity index is 2.11. The summed E-state index contributed by atoms with van der Waals surface area (Å²) in [6, 6.07) is 14.0. The summed E-state index contributed by atoms with van der Waals surface area (Å²) in [5.41, 5.74) is 0.534. The lowest BCUT2D eigenvalue weighted by Gasteiger charge is -2.05. The van der Waals surface area contributed by atoms with Gasteiger partial charge in [0.25, 0.3) is 0 Å². The Morgan fingerprint density at radius 1 is 1.15 bits per heavy atom. The Bertz CT molecular complexity index is 638. The van der Waals surface area contributed by atoms with Crippen molar-refractivity contribution in [3.8, 4) is 5.75 Å². The van der Waals surface area contributed by atoms with Gasteiger partial charge in [0.2, 0.25) is 0 Å². The van der Waals surface area contributed by atoms with E-state index >= 15 is 0 Å². The van der Waals surface area contributed by atoms with Gasteiger partial charge in [-0.3, -0.25) is 9.00 Å². The average Bonchev–Trinajstić information content (AvgIpc) is 2.47. The van der Waals surface area contributed by atoms with E-state index in [1.807, 2.05) is 12.1 Å². The van der Waals surface area contributed by atoms with Crippen LogP contribution in [0.5, 0.6) is 5.75 Å². The predicted octanol–water partition coefficient (Wildman–Crippen LogP) is 3.45. The molecule has 2 aromatic rings. The molecule has 1 unspecified atom stereocenters. The summed E-state index contributed by atoms with van der Waals surface area (Å²) in [5.74, 6) is 0.504. The van der Waals surface area contributed by atoms with Crippen molar-refractivity contribution in [2.75, 3.05) is 12.9 Å². The Morgan fingerprint density at radius 2 is 1.80 bits per heavy atom. The molecule has 3 nitrogen and oxygen atoms in total. The quantitative estimate of drug-likeness (QED) is 0.774. The van der Waals surface area contributed by atoms with Gasteiger partial charge in [0.15, 0.2) is 5.78 Å². The highest BCUT2D eigenvalue weighted by Crippen LogP contribution is 2.20. The van der Waals surface area contributed by atoms with E-state index in [1.165, 1.54) is 0 Å². The van der Waals surface area contributed by atoms with E-state index in [2.05, 4.69) is 15.9 Å². The molecular weight excluding hydrogens is 340 g/mol. The summed E-state index contributed by atoms with van der Waals surface area (Å²) in [6.07, 6.45) is 0. The number of hydrogen-bond acceptors (Lipinski definition) is 3. The maximum atomic E-state index is 12.2.